The minimum absolute atomic E-state index is 0.170. The van der Waals surface area contributed by atoms with E-state index in [0.29, 0.717) is 0 Å². The van der Waals surface area contributed by atoms with Gasteiger partial charge in [0.2, 0.25) is 11.8 Å². The number of carbonyl (C=O) groups is 3. The molecule has 25 heavy (non-hydrogen) atoms. The fraction of sp³-hybridized carbons (Fsp3) is 0.750. The predicted molar refractivity (Wildman–Crippen MR) is 81.8 cm³/mol. The largest absolute Gasteiger partial charge is 0.790 e. The Morgan fingerprint density at radius 2 is 1.88 bits per heavy atom. The third kappa shape index (κ3) is 9.78. The maximum atomic E-state index is 11.8. The van der Waals surface area contributed by atoms with Crippen LogP contribution in [0.5, 0.6) is 0 Å². The van der Waals surface area contributed by atoms with E-state index in [0.717, 1.165) is 0 Å². The van der Waals surface area contributed by atoms with Crippen LogP contribution in [-0.4, -0.2) is 53.9 Å². The number of phosphoric ester groups is 1. The first kappa shape index (κ1) is 23.8. The maximum Gasteiger partial charge on any atom is 0.249 e. The monoisotopic (exact) mass is 399 g/mol. The first-order chi connectivity index (χ1) is 11.3. The van der Waals surface area contributed by atoms with E-state index in [9.17, 15) is 38.9 Å². The van der Waals surface area contributed by atoms with Crippen molar-refractivity contribution in [3.8, 4) is 0 Å². The molecule has 13 heteroatoms. The number of phosphoric acid groups is 1. The van der Waals surface area contributed by atoms with E-state index in [1.165, 1.54) is 13.8 Å². The molecule has 0 heterocycles. The molecule has 0 spiro atoms. The van der Waals surface area contributed by atoms with Gasteiger partial charge in [0.15, 0.2) is 0 Å². The number of aliphatic hydroxyl groups excluding tert-OH is 1. The molecule has 0 aliphatic carbocycles. The van der Waals surface area contributed by atoms with Crippen molar-refractivity contribution in [3.63, 3.8) is 0 Å². The second-order valence-electron chi connectivity index (χ2n) is 5.77. The third-order valence-corrected chi connectivity index (χ3v) is 3.85. The van der Waals surface area contributed by atoms with Crippen LogP contribution in [0.4, 0.5) is 0 Å². The van der Waals surface area contributed by atoms with E-state index in [2.05, 4.69) is 27.8 Å². The molecule has 2 amide bonds. The van der Waals surface area contributed by atoms with Gasteiger partial charge in [-0.05, 0) is 0 Å². The van der Waals surface area contributed by atoms with Gasteiger partial charge in [0.1, 0.15) is 6.10 Å². The van der Waals surface area contributed by atoms with Crippen LogP contribution in [-0.2, 0) is 23.5 Å². The van der Waals surface area contributed by atoms with E-state index in [1.807, 2.05) is 0 Å². The van der Waals surface area contributed by atoms with Gasteiger partial charge in [0.25, 0.3) is 0 Å². The number of amides is 2. The zero-order valence-corrected chi connectivity index (χ0v) is 15.4. The molecular weight excluding hydrogens is 379 g/mol. The lowest BCUT2D eigenvalue weighted by Crippen LogP contribution is -2.50. The standard InChI is InChI=1S/C12H23N2O9PS/c1-12(2,6-23-24(20,21)22)9(16)10(17)13-4-3-8(15)14-7(5-25)11(18)19/h7,9,16,25H,3-6H2,1-2H3,(H,13,17)(H,14,15)(H,18,19)(H2,20,21,22)/p-3/t7-,9-/m0/s1. The summed E-state index contributed by atoms with van der Waals surface area (Å²) in [7, 11) is -5.25. The second kappa shape index (κ2) is 10.1. The molecule has 11 nitrogen and oxygen atoms in total. The predicted octanol–water partition coefficient (Wildman–Crippen LogP) is -4.11. The molecule has 0 aliphatic rings. The van der Waals surface area contributed by atoms with Crippen molar-refractivity contribution in [2.75, 3.05) is 18.9 Å². The molecule has 0 unspecified atom stereocenters. The average molecular weight is 399 g/mol. The van der Waals surface area contributed by atoms with E-state index in [-0.39, 0.29) is 18.7 Å². The van der Waals surface area contributed by atoms with Gasteiger partial charge in [-0.1, -0.05) is 13.8 Å². The summed E-state index contributed by atoms with van der Waals surface area (Å²) in [5, 5.41) is 24.9. The minimum atomic E-state index is -5.25. The van der Waals surface area contributed by atoms with Gasteiger partial charge in [-0.2, -0.15) is 12.6 Å². The number of carboxylic acid groups (broad SMARTS) is 1. The fourth-order valence-electron chi connectivity index (χ4n) is 1.52. The average Bonchev–Trinajstić information content (AvgIpc) is 2.48. The number of hydrogen-bond donors (Lipinski definition) is 4. The Labute approximate surface area is 149 Å². The quantitative estimate of drug-likeness (QED) is 0.197. The Balaban J connectivity index is 4.38. The Morgan fingerprint density at radius 3 is 2.32 bits per heavy atom. The highest BCUT2D eigenvalue weighted by Crippen LogP contribution is 2.31. The van der Waals surface area contributed by atoms with Crippen LogP contribution >= 0.6 is 20.5 Å². The summed E-state index contributed by atoms with van der Waals surface area (Å²) in [5.74, 6) is -3.27. The van der Waals surface area contributed by atoms with Crippen LogP contribution < -0.4 is 25.5 Å². The topological polar surface area (TPSA) is 191 Å². The lowest BCUT2D eigenvalue weighted by molar-refractivity contribution is -0.343. The van der Waals surface area contributed by atoms with Crippen LogP contribution in [0.2, 0.25) is 0 Å². The van der Waals surface area contributed by atoms with Gasteiger partial charge in [0, 0.05) is 24.1 Å². The van der Waals surface area contributed by atoms with Gasteiger partial charge in [-0.3, -0.25) is 9.59 Å². The summed E-state index contributed by atoms with van der Waals surface area (Å²) in [4.78, 5) is 54.8. The Morgan fingerprint density at radius 1 is 1.32 bits per heavy atom. The molecule has 0 bridgehead atoms. The molecule has 0 fully saturated rings. The number of rotatable bonds is 11. The van der Waals surface area contributed by atoms with E-state index < -0.39 is 49.8 Å². The van der Waals surface area contributed by atoms with Crippen LogP contribution in [0.25, 0.3) is 0 Å². The summed E-state index contributed by atoms with van der Waals surface area (Å²) in [6.07, 6.45) is -1.99. The first-order valence-electron chi connectivity index (χ1n) is 7.03. The number of carbonyl (C=O) groups excluding carboxylic acids is 3. The van der Waals surface area contributed by atoms with Crippen molar-refractivity contribution in [1.29, 1.82) is 0 Å². The Bertz CT molecular complexity index is 537. The van der Waals surface area contributed by atoms with Gasteiger partial charge >= 0.3 is 0 Å². The second-order valence-corrected chi connectivity index (χ2v) is 7.29. The molecule has 3 N–H and O–H groups in total. The van der Waals surface area contributed by atoms with Crippen molar-refractivity contribution in [2.24, 2.45) is 5.41 Å². The molecule has 0 aromatic rings. The molecule has 146 valence electrons. The highest BCUT2D eigenvalue weighted by Gasteiger charge is 2.34. The van der Waals surface area contributed by atoms with Crippen LogP contribution in [0, 0.1) is 5.41 Å². The molecule has 0 aromatic heterocycles. The number of carboxylic acids is 1. The molecule has 0 aliphatic heterocycles. The van der Waals surface area contributed by atoms with E-state index in [1.54, 1.807) is 0 Å². The zero-order valence-electron chi connectivity index (χ0n) is 13.6. The third-order valence-electron chi connectivity index (χ3n) is 3.04. The lowest BCUT2D eigenvalue weighted by Gasteiger charge is -2.35. The molecule has 0 saturated heterocycles. The number of aliphatic hydroxyl groups is 1. The van der Waals surface area contributed by atoms with Crippen LogP contribution in [0.3, 0.4) is 0 Å². The smallest absolute Gasteiger partial charge is 0.249 e. The number of aliphatic carboxylic acids is 1. The van der Waals surface area contributed by atoms with Gasteiger partial charge in [-0.15, -0.1) is 0 Å². The first-order valence-corrected chi connectivity index (χ1v) is 9.13. The SMILES string of the molecule is CC(C)(COP(=O)([O-])[O-])[C@@H](O)C(=O)NCCC(=O)N[C@@H](CS)C(=O)[O-]. The van der Waals surface area contributed by atoms with Crippen molar-refractivity contribution in [2.45, 2.75) is 32.4 Å². The van der Waals surface area contributed by atoms with Gasteiger partial charge < -0.3 is 44.5 Å². The minimum Gasteiger partial charge on any atom is -0.790 e. The van der Waals surface area contributed by atoms with E-state index >= 15 is 0 Å². The molecule has 0 saturated carbocycles. The fourth-order valence-corrected chi connectivity index (χ4v) is 2.25. The number of nitrogens with one attached hydrogen (secondary N) is 2. The molecule has 0 rings (SSSR count). The van der Waals surface area contributed by atoms with Crippen LogP contribution in [0.15, 0.2) is 0 Å². The summed E-state index contributed by atoms with van der Waals surface area (Å²) in [6, 6.07) is -1.27. The number of hydrogen-bond acceptors (Lipinski definition) is 10. The van der Waals surface area contributed by atoms with Crippen molar-refractivity contribution in [3.05, 3.63) is 0 Å². The molecule has 2 atom stereocenters. The van der Waals surface area contributed by atoms with E-state index in [4.69, 9.17) is 0 Å². The highest BCUT2D eigenvalue weighted by atomic mass is 32.1. The van der Waals surface area contributed by atoms with Crippen LogP contribution in [0.1, 0.15) is 20.3 Å². The summed E-state index contributed by atoms with van der Waals surface area (Å²) >= 11 is 3.74. The zero-order chi connectivity index (χ0) is 19.8. The molecular formula is C12H20N2O9PS-3. The Kier molecular flexibility index (Phi) is 9.62. The molecule has 0 aromatic carbocycles. The Hall–Kier alpha value is -1.17. The van der Waals surface area contributed by atoms with Crippen molar-refractivity contribution >= 4 is 38.2 Å². The number of thiol groups is 1. The van der Waals surface area contributed by atoms with Crippen molar-refractivity contribution in [1.82, 2.24) is 10.6 Å². The maximum absolute atomic E-state index is 11.8. The summed E-state index contributed by atoms with van der Waals surface area (Å²) in [6.45, 7) is 1.68. The normalized spacial score (nSPS) is 14.5. The summed E-state index contributed by atoms with van der Waals surface area (Å²) in [5.41, 5.74) is -1.39. The van der Waals surface area contributed by atoms with Crippen molar-refractivity contribution < 1.29 is 43.5 Å². The van der Waals surface area contributed by atoms with Gasteiger partial charge in [0.05, 0.1) is 26.4 Å². The van der Waals surface area contributed by atoms with Gasteiger partial charge in [-0.25, -0.2) is 0 Å². The molecule has 0 radical (unpaired) electrons. The highest BCUT2D eigenvalue weighted by molar-refractivity contribution is 7.80. The lowest BCUT2D eigenvalue weighted by atomic mass is 9.87. The summed E-state index contributed by atoms with van der Waals surface area (Å²) < 4.78 is 14.5.